The van der Waals surface area contributed by atoms with E-state index in [1.54, 1.807) is 6.26 Å². The van der Waals surface area contributed by atoms with Gasteiger partial charge in [0.25, 0.3) is 0 Å². The first-order valence-electron chi connectivity index (χ1n) is 11.0. The lowest BCUT2D eigenvalue weighted by atomic mass is 9.95. The van der Waals surface area contributed by atoms with Crippen LogP contribution < -0.4 is 4.90 Å². The Morgan fingerprint density at radius 1 is 1.00 bits per heavy atom. The molecular weight excluding hydrogens is 378 g/mol. The molecule has 2 aliphatic heterocycles. The minimum atomic E-state index is 0.0727. The zero-order chi connectivity index (χ0) is 20.9. The van der Waals surface area contributed by atoms with E-state index >= 15 is 0 Å². The van der Waals surface area contributed by atoms with Crippen molar-refractivity contribution in [2.75, 3.05) is 37.6 Å². The van der Waals surface area contributed by atoms with Crippen LogP contribution >= 0.6 is 0 Å². The molecule has 2 fully saturated rings. The molecule has 0 unspecified atom stereocenters. The smallest absolute Gasteiger partial charge is 0.242 e. The van der Waals surface area contributed by atoms with Crippen molar-refractivity contribution in [3.8, 4) is 0 Å². The molecule has 2 amide bonds. The molecule has 30 heavy (non-hydrogen) atoms. The number of anilines is 1. The van der Waals surface area contributed by atoms with Gasteiger partial charge in [0, 0.05) is 37.8 Å². The van der Waals surface area contributed by atoms with Gasteiger partial charge >= 0.3 is 0 Å². The largest absolute Gasteiger partial charge is 0.467 e. The van der Waals surface area contributed by atoms with Gasteiger partial charge in [0.1, 0.15) is 5.76 Å². The summed E-state index contributed by atoms with van der Waals surface area (Å²) in [4.78, 5) is 31.7. The summed E-state index contributed by atoms with van der Waals surface area (Å²) in [7, 11) is 0. The predicted molar refractivity (Wildman–Crippen MR) is 116 cm³/mol. The molecule has 0 atom stereocenters. The van der Waals surface area contributed by atoms with Crippen molar-refractivity contribution in [1.82, 2.24) is 9.80 Å². The Hall–Kier alpha value is -2.76. The van der Waals surface area contributed by atoms with Crippen LogP contribution in [0.4, 0.5) is 5.69 Å². The number of benzene rings is 1. The maximum atomic E-state index is 13.1. The number of hydrogen-bond acceptors (Lipinski definition) is 4. The lowest BCUT2D eigenvalue weighted by Crippen LogP contribution is -2.46. The molecule has 0 radical (unpaired) electrons. The summed E-state index contributed by atoms with van der Waals surface area (Å²) in [6.07, 6.45) is 5.43. The van der Waals surface area contributed by atoms with Gasteiger partial charge in [0.05, 0.1) is 19.4 Å². The molecule has 2 saturated heterocycles. The fourth-order valence-electron chi connectivity index (χ4n) is 4.42. The number of nitrogens with zero attached hydrogens (tertiary/aromatic N) is 3. The van der Waals surface area contributed by atoms with Crippen LogP contribution in [0.2, 0.25) is 0 Å². The van der Waals surface area contributed by atoms with Gasteiger partial charge in [-0.15, -0.1) is 0 Å². The van der Waals surface area contributed by atoms with E-state index in [9.17, 15) is 9.59 Å². The Kier molecular flexibility index (Phi) is 6.41. The van der Waals surface area contributed by atoms with Crippen molar-refractivity contribution in [3.63, 3.8) is 0 Å². The predicted octanol–water partition coefficient (Wildman–Crippen LogP) is 3.46. The highest BCUT2D eigenvalue weighted by Gasteiger charge is 2.31. The SMILES string of the molecule is Cc1ccc(N(CC(=O)N2CCC(C(=O)N3CCCC3)CC2)Cc2ccco2)cc1. The van der Waals surface area contributed by atoms with Crippen LogP contribution in [0.1, 0.15) is 37.0 Å². The number of aryl methyl sites for hydroxylation is 1. The van der Waals surface area contributed by atoms with E-state index in [2.05, 4.69) is 24.0 Å². The van der Waals surface area contributed by atoms with Crippen LogP contribution in [0.15, 0.2) is 47.1 Å². The number of amides is 2. The number of rotatable bonds is 6. The third-order valence-corrected chi connectivity index (χ3v) is 6.27. The third-order valence-electron chi connectivity index (χ3n) is 6.27. The molecule has 2 aliphatic rings. The van der Waals surface area contributed by atoms with Gasteiger partial charge in [-0.1, -0.05) is 17.7 Å². The minimum Gasteiger partial charge on any atom is -0.467 e. The summed E-state index contributed by atoms with van der Waals surface area (Å²) in [5, 5.41) is 0. The average Bonchev–Trinajstić information content (AvgIpc) is 3.48. The Labute approximate surface area is 178 Å². The molecule has 1 aromatic heterocycles. The quantitative estimate of drug-likeness (QED) is 0.733. The normalized spacial score (nSPS) is 17.4. The van der Waals surface area contributed by atoms with Gasteiger partial charge in [-0.3, -0.25) is 9.59 Å². The zero-order valence-corrected chi connectivity index (χ0v) is 17.8. The second-order valence-electron chi connectivity index (χ2n) is 8.46. The molecule has 1 aromatic carbocycles. The van der Waals surface area contributed by atoms with Crippen molar-refractivity contribution < 1.29 is 14.0 Å². The van der Waals surface area contributed by atoms with E-state index in [4.69, 9.17) is 4.42 Å². The molecule has 6 heteroatoms. The molecule has 160 valence electrons. The van der Waals surface area contributed by atoms with Gasteiger partial charge in [-0.05, 0) is 56.9 Å². The molecule has 6 nitrogen and oxygen atoms in total. The highest BCUT2D eigenvalue weighted by molar-refractivity contribution is 5.83. The van der Waals surface area contributed by atoms with Crippen molar-refractivity contribution in [2.24, 2.45) is 5.92 Å². The van der Waals surface area contributed by atoms with Gasteiger partial charge in [-0.2, -0.15) is 0 Å². The van der Waals surface area contributed by atoms with Crippen LogP contribution in [-0.2, 0) is 16.1 Å². The molecule has 0 saturated carbocycles. The fraction of sp³-hybridized carbons (Fsp3) is 0.500. The number of carbonyl (C=O) groups excluding carboxylic acids is 2. The second kappa shape index (κ2) is 9.37. The Morgan fingerprint density at radius 3 is 2.33 bits per heavy atom. The van der Waals surface area contributed by atoms with Gasteiger partial charge in [0.2, 0.25) is 11.8 Å². The molecule has 2 aromatic rings. The zero-order valence-electron chi connectivity index (χ0n) is 17.8. The van der Waals surface area contributed by atoms with E-state index in [-0.39, 0.29) is 11.8 Å². The van der Waals surface area contributed by atoms with Crippen LogP contribution in [0, 0.1) is 12.8 Å². The molecule has 0 spiro atoms. The molecule has 0 N–H and O–H groups in total. The fourth-order valence-corrected chi connectivity index (χ4v) is 4.42. The Morgan fingerprint density at radius 2 is 1.70 bits per heavy atom. The summed E-state index contributed by atoms with van der Waals surface area (Å²) < 4.78 is 5.52. The lowest BCUT2D eigenvalue weighted by molar-refractivity contribution is -0.139. The van der Waals surface area contributed by atoms with Crippen molar-refractivity contribution in [2.45, 2.75) is 39.2 Å². The van der Waals surface area contributed by atoms with Crippen molar-refractivity contribution in [3.05, 3.63) is 54.0 Å². The highest BCUT2D eigenvalue weighted by Crippen LogP contribution is 2.23. The second-order valence-corrected chi connectivity index (χ2v) is 8.46. The lowest BCUT2D eigenvalue weighted by Gasteiger charge is -2.34. The van der Waals surface area contributed by atoms with Gasteiger partial charge in [0.15, 0.2) is 0 Å². The summed E-state index contributed by atoms with van der Waals surface area (Å²) in [5.41, 5.74) is 2.19. The first kappa shape index (κ1) is 20.5. The number of hydrogen-bond donors (Lipinski definition) is 0. The molecule has 0 bridgehead atoms. The maximum Gasteiger partial charge on any atom is 0.242 e. The van der Waals surface area contributed by atoms with E-state index in [0.29, 0.717) is 32.1 Å². The first-order chi connectivity index (χ1) is 14.6. The van der Waals surface area contributed by atoms with E-state index in [1.807, 2.05) is 34.1 Å². The maximum absolute atomic E-state index is 13.1. The first-order valence-corrected chi connectivity index (χ1v) is 11.0. The van der Waals surface area contributed by atoms with E-state index in [0.717, 1.165) is 50.2 Å². The number of piperidine rings is 1. The molecular formula is C24H31N3O3. The monoisotopic (exact) mass is 409 g/mol. The van der Waals surface area contributed by atoms with Crippen molar-refractivity contribution in [1.29, 1.82) is 0 Å². The molecule has 3 heterocycles. The number of carbonyl (C=O) groups is 2. The summed E-state index contributed by atoms with van der Waals surface area (Å²) >= 11 is 0. The average molecular weight is 410 g/mol. The number of likely N-dealkylation sites (tertiary alicyclic amines) is 2. The Balaban J connectivity index is 1.36. The third kappa shape index (κ3) is 4.86. The van der Waals surface area contributed by atoms with Gasteiger partial charge in [-0.25, -0.2) is 0 Å². The van der Waals surface area contributed by atoms with Crippen molar-refractivity contribution >= 4 is 17.5 Å². The van der Waals surface area contributed by atoms with Crippen LogP contribution in [0.3, 0.4) is 0 Å². The summed E-state index contributed by atoms with van der Waals surface area (Å²) in [6, 6.07) is 12.0. The molecule has 0 aliphatic carbocycles. The van der Waals surface area contributed by atoms with Crippen LogP contribution in [-0.4, -0.2) is 54.3 Å². The minimum absolute atomic E-state index is 0.0727. The molecule has 4 rings (SSSR count). The number of furan rings is 1. The van der Waals surface area contributed by atoms with Crippen LogP contribution in [0.25, 0.3) is 0 Å². The van der Waals surface area contributed by atoms with Crippen LogP contribution in [0.5, 0.6) is 0 Å². The highest BCUT2D eigenvalue weighted by atomic mass is 16.3. The summed E-state index contributed by atoms with van der Waals surface area (Å²) in [5.74, 6) is 1.30. The standard InChI is InChI=1S/C24H31N3O3/c1-19-6-8-21(9-7-19)27(17-22-5-4-16-30-22)18-23(28)25-14-10-20(11-15-25)24(29)26-12-2-3-13-26/h4-9,16,20H,2-3,10-15,17-18H2,1H3. The van der Waals surface area contributed by atoms with Gasteiger partial charge < -0.3 is 19.1 Å². The van der Waals surface area contributed by atoms with E-state index in [1.165, 1.54) is 5.56 Å². The Bertz CT molecular complexity index is 833. The summed E-state index contributed by atoms with van der Waals surface area (Å²) in [6.45, 7) is 6.02. The topological polar surface area (TPSA) is 57.0 Å². The van der Waals surface area contributed by atoms with E-state index < -0.39 is 0 Å².